The van der Waals surface area contributed by atoms with Gasteiger partial charge in [0.05, 0.1) is 17.4 Å². The Labute approximate surface area is 65.1 Å². The van der Waals surface area contributed by atoms with Gasteiger partial charge in [0.1, 0.15) is 0 Å². The lowest BCUT2D eigenvalue weighted by Crippen LogP contribution is -2.30. The molecule has 0 aromatic rings. The molecule has 1 N–H and O–H groups in total. The molecule has 0 radical (unpaired) electrons. The maximum atomic E-state index is 10.9. The van der Waals surface area contributed by atoms with E-state index in [0.29, 0.717) is 12.8 Å². The molecule has 0 aliphatic carbocycles. The number of aliphatic carboxylic acids is 1. The standard InChI is InChI=1S/C6H10O4S/c7-6(8)5-2-1-3-11(9,10)4-5/h5H,1-4H2,(H,7,8)/t5-/m0/s1. The van der Waals surface area contributed by atoms with Gasteiger partial charge < -0.3 is 5.11 Å². The van der Waals surface area contributed by atoms with Crippen LogP contribution in [0.25, 0.3) is 0 Å². The number of hydrogen-bond donors (Lipinski definition) is 1. The molecule has 0 amide bonds. The summed E-state index contributed by atoms with van der Waals surface area (Å²) in [5.74, 6) is -1.69. The second-order valence-electron chi connectivity index (χ2n) is 2.79. The lowest BCUT2D eigenvalue weighted by molar-refractivity contribution is -0.141. The number of rotatable bonds is 1. The minimum atomic E-state index is -3.06. The fourth-order valence-corrected chi connectivity index (χ4v) is 2.91. The van der Waals surface area contributed by atoms with Gasteiger partial charge in [-0.1, -0.05) is 0 Å². The molecule has 1 atom stereocenters. The molecule has 1 fully saturated rings. The lowest BCUT2D eigenvalue weighted by atomic mass is 10.1. The zero-order valence-electron chi connectivity index (χ0n) is 5.99. The smallest absolute Gasteiger partial charge is 0.307 e. The molecule has 0 aromatic heterocycles. The quantitative estimate of drug-likeness (QED) is 0.608. The third-order valence-corrected chi connectivity index (χ3v) is 3.63. The Balaban J connectivity index is 2.68. The number of hydrogen-bond acceptors (Lipinski definition) is 3. The molecule has 64 valence electrons. The van der Waals surface area contributed by atoms with Gasteiger partial charge >= 0.3 is 5.97 Å². The molecule has 0 spiro atoms. The molecule has 1 aliphatic heterocycles. The van der Waals surface area contributed by atoms with Gasteiger partial charge in [0.2, 0.25) is 0 Å². The number of carboxylic acids is 1. The van der Waals surface area contributed by atoms with Gasteiger partial charge in [0, 0.05) is 0 Å². The summed E-state index contributed by atoms with van der Waals surface area (Å²) in [5.41, 5.74) is 0. The van der Waals surface area contributed by atoms with Crippen molar-refractivity contribution < 1.29 is 18.3 Å². The molecule has 1 heterocycles. The Morgan fingerprint density at radius 3 is 2.45 bits per heavy atom. The van der Waals surface area contributed by atoms with Gasteiger partial charge in [-0.05, 0) is 12.8 Å². The normalized spacial score (nSPS) is 29.6. The van der Waals surface area contributed by atoms with Crippen LogP contribution in [-0.4, -0.2) is 31.0 Å². The molecular weight excluding hydrogens is 168 g/mol. The summed E-state index contributed by atoms with van der Waals surface area (Å²) in [6.45, 7) is 0. The molecule has 11 heavy (non-hydrogen) atoms. The Kier molecular flexibility index (Phi) is 2.17. The number of carbonyl (C=O) groups is 1. The van der Waals surface area contributed by atoms with Crippen LogP contribution in [0.3, 0.4) is 0 Å². The minimum Gasteiger partial charge on any atom is -0.481 e. The summed E-state index contributed by atoms with van der Waals surface area (Å²) in [5, 5.41) is 8.51. The maximum Gasteiger partial charge on any atom is 0.307 e. The van der Waals surface area contributed by atoms with E-state index in [-0.39, 0.29) is 11.5 Å². The molecule has 0 bridgehead atoms. The summed E-state index contributed by atoms with van der Waals surface area (Å²) in [4.78, 5) is 10.4. The van der Waals surface area contributed by atoms with Crippen molar-refractivity contribution in [1.82, 2.24) is 0 Å². The number of carboxylic acid groups (broad SMARTS) is 1. The maximum absolute atomic E-state index is 10.9. The highest BCUT2D eigenvalue weighted by Gasteiger charge is 2.29. The first-order valence-electron chi connectivity index (χ1n) is 3.44. The molecule has 1 aliphatic rings. The van der Waals surface area contributed by atoms with Crippen molar-refractivity contribution in [2.75, 3.05) is 11.5 Å². The zero-order chi connectivity index (χ0) is 8.48. The predicted octanol–water partition coefficient (Wildman–Crippen LogP) is -0.104. The van der Waals surface area contributed by atoms with Crippen LogP contribution >= 0.6 is 0 Å². The van der Waals surface area contributed by atoms with Crippen molar-refractivity contribution in [3.05, 3.63) is 0 Å². The topological polar surface area (TPSA) is 71.4 Å². The first-order valence-corrected chi connectivity index (χ1v) is 5.26. The first-order chi connectivity index (χ1) is 5.01. The van der Waals surface area contributed by atoms with E-state index in [2.05, 4.69) is 0 Å². The van der Waals surface area contributed by atoms with Crippen LogP contribution in [0.15, 0.2) is 0 Å². The largest absolute Gasteiger partial charge is 0.481 e. The van der Waals surface area contributed by atoms with E-state index < -0.39 is 21.7 Å². The van der Waals surface area contributed by atoms with Crippen LogP contribution in [-0.2, 0) is 14.6 Å². The predicted molar refractivity (Wildman–Crippen MR) is 39.0 cm³/mol. The molecule has 0 saturated carbocycles. The summed E-state index contributed by atoms with van der Waals surface area (Å²) < 4.78 is 21.8. The summed E-state index contributed by atoms with van der Waals surface area (Å²) in [6, 6.07) is 0. The highest BCUT2D eigenvalue weighted by atomic mass is 32.2. The van der Waals surface area contributed by atoms with E-state index in [1.165, 1.54) is 0 Å². The van der Waals surface area contributed by atoms with E-state index in [1.54, 1.807) is 0 Å². The Morgan fingerprint density at radius 2 is 2.09 bits per heavy atom. The van der Waals surface area contributed by atoms with E-state index >= 15 is 0 Å². The van der Waals surface area contributed by atoms with Gasteiger partial charge in [-0.25, -0.2) is 8.42 Å². The van der Waals surface area contributed by atoms with Gasteiger partial charge in [0.25, 0.3) is 0 Å². The molecule has 1 rings (SSSR count). The molecule has 0 unspecified atom stereocenters. The van der Waals surface area contributed by atoms with E-state index in [1.807, 2.05) is 0 Å². The Hall–Kier alpha value is -0.580. The van der Waals surface area contributed by atoms with Crippen molar-refractivity contribution in [1.29, 1.82) is 0 Å². The molecule has 4 nitrogen and oxygen atoms in total. The monoisotopic (exact) mass is 178 g/mol. The zero-order valence-corrected chi connectivity index (χ0v) is 6.80. The second kappa shape index (κ2) is 2.81. The molecule has 5 heteroatoms. The fourth-order valence-electron chi connectivity index (χ4n) is 1.22. The molecular formula is C6H10O4S. The summed E-state index contributed by atoms with van der Waals surface area (Å²) in [6.07, 6.45) is 0.980. The van der Waals surface area contributed by atoms with Crippen molar-refractivity contribution in [3.8, 4) is 0 Å². The van der Waals surface area contributed by atoms with Crippen molar-refractivity contribution in [3.63, 3.8) is 0 Å². The summed E-state index contributed by atoms with van der Waals surface area (Å²) >= 11 is 0. The van der Waals surface area contributed by atoms with Crippen LogP contribution in [0.4, 0.5) is 0 Å². The lowest BCUT2D eigenvalue weighted by Gasteiger charge is -2.17. The van der Waals surface area contributed by atoms with Gasteiger partial charge in [-0.3, -0.25) is 4.79 Å². The van der Waals surface area contributed by atoms with E-state index in [9.17, 15) is 13.2 Å². The first kappa shape index (κ1) is 8.52. The third-order valence-electron chi connectivity index (χ3n) is 1.81. The second-order valence-corrected chi connectivity index (χ2v) is 5.02. The van der Waals surface area contributed by atoms with Crippen molar-refractivity contribution in [2.45, 2.75) is 12.8 Å². The molecule has 1 saturated heterocycles. The Morgan fingerprint density at radius 1 is 1.45 bits per heavy atom. The van der Waals surface area contributed by atoms with Crippen molar-refractivity contribution >= 4 is 15.8 Å². The van der Waals surface area contributed by atoms with Crippen molar-refractivity contribution in [2.24, 2.45) is 5.92 Å². The SMILES string of the molecule is O=C(O)[C@H]1CCCS(=O)(=O)C1. The van der Waals surface area contributed by atoms with E-state index in [4.69, 9.17) is 5.11 Å². The van der Waals surface area contributed by atoms with Gasteiger partial charge in [-0.2, -0.15) is 0 Å². The highest BCUT2D eigenvalue weighted by Crippen LogP contribution is 2.17. The van der Waals surface area contributed by atoms with Gasteiger partial charge in [0.15, 0.2) is 9.84 Å². The van der Waals surface area contributed by atoms with E-state index in [0.717, 1.165) is 0 Å². The molecule has 0 aromatic carbocycles. The van der Waals surface area contributed by atoms with Crippen LogP contribution in [0.1, 0.15) is 12.8 Å². The number of sulfone groups is 1. The van der Waals surface area contributed by atoms with Gasteiger partial charge in [-0.15, -0.1) is 0 Å². The average molecular weight is 178 g/mol. The van der Waals surface area contributed by atoms with Crippen LogP contribution < -0.4 is 0 Å². The van der Waals surface area contributed by atoms with Crippen LogP contribution in [0.2, 0.25) is 0 Å². The highest BCUT2D eigenvalue weighted by molar-refractivity contribution is 7.91. The Bertz CT molecular complexity index is 254. The third kappa shape index (κ3) is 2.18. The fraction of sp³-hybridized carbons (Fsp3) is 0.833. The van der Waals surface area contributed by atoms with Crippen LogP contribution in [0.5, 0.6) is 0 Å². The van der Waals surface area contributed by atoms with Crippen LogP contribution in [0, 0.1) is 5.92 Å². The summed E-state index contributed by atoms with van der Waals surface area (Å²) in [7, 11) is -3.06. The average Bonchev–Trinajstić information content (AvgIpc) is 1.85. The minimum absolute atomic E-state index is 0.150.